The van der Waals surface area contributed by atoms with E-state index < -0.39 is 10.0 Å². The quantitative estimate of drug-likeness (QED) is 0.589. The fraction of sp³-hybridized carbons (Fsp3) is 0.381. The Balaban J connectivity index is 1.98. The Kier molecular flexibility index (Phi) is 7.35. The van der Waals surface area contributed by atoms with Crippen LogP contribution in [-0.2, 0) is 22.0 Å². The molecule has 0 radical (unpaired) electrons. The van der Waals surface area contributed by atoms with Gasteiger partial charge in [0.2, 0.25) is 10.0 Å². The number of sulfonamides is 1. The monoisotopic (exact) mass is 404 g/mol. The van der Waals surface area contributed by atoms with Crippen LogP contribution in [-0.4, -0.2) is 32.6 Å². The third-order valence-corrected chi connectivity index (χ3v) is 5.75. The summed E-state index contributed by atoms with van der Waals surface area (Å²) in [5.74, 6) is -0.223. The minimum Gasteiger partial charge on any atom is -0.396 e. The van der Waals surface area contributed by atoms with Crippen molar-refractivity contribution in [1.82, 2.24) is 10.0 Å². The van der Waals surface area contributed by atoms with Crippen molar-refractivity contribution in [2.45, 2.75) is 44.0 Å². The van der Waals surface area contributed by atoms with Crippen molar-refractivity contribution in [3.05, 3.63) is 65.2 Å². The van der Waals surface area contributed by atoms with Crippen molar-refractivity contribution >= 4 is 15.9 Å². The first-order valence-corrected chi connectivity index (χ1v) is 10.7. The standard InChI is InChI=1S/C21H28N2O4S/c1-21(2,3)18-9-11-19(12-10-18)28(26,27)23-15-16-5-7-17(8-6-16)20(25)22-13-4-14-24/h5-12,23-24H,4,13-15H2,1-3H3,(H,22,25). The molecule has 28 heavy (non-hydrogen) atoms. The van der Waals surface area contributed by atoms with E-state index in [1.54, 1.807) is 36.4 Å². The summed E-state index contributed by atoms with van der Waals surface area (Å²) in [5.41, 5.74) is 2.27. The Bertz CT molecular complexity index is 883. The van der Waals surface area contributed by atoms with Crippen LogP contribution in [0.4, 0.5) is 0 Å². The lowest BCUT2D eigenvalue weighted by atomic mass is 9.87. The van der Waals surface area contributed by atoms with Crippen molar-refractivity contribution in [2.24, 2.45) is 0 Å². The largest absolute Gasteiger partial charge is 0.396 e. The molecule has 7 heteroatoms. The lowest BCUT2D eigenvalue weighted by Gasteiger charge is -2.19. The highest BCUT2D eigenvalue weighted by atomic mass is 32.2. The topological polar surface area (TPSA) is 95.5 Å². The van der Waals surface area contributed by atoms with Crippen LogP contribution in [0.2, 0.25) is 0 Å². The van der Waals surface area contributed by atoms with E-state index in [0.29, 0.717) is 18.5 Å². The van der Waals surface area contributed by atoms with Crippen LogP contribution in [0.15, 0.2) is 53.4 Å². The molecule has 2 aromatic carbocycles. The first kappa shape index (κ1) is 22.1. The smallest absolute Gasteiger partial charge is 0.251 e. The van der Waals surface area contributed by atoms with E-state index >= 15 is 0 Å². The molecule has 2 aromatic rings. The minimum absolute atomic E-state index is 0.0261. The first-order valence-electron chi connectivity index (χ1n) is 9.22. The summed E-state index contributed by atoms with van der Waals surface area (Å²) in [7, 11) is -3.62. The zero-order valence-electron chi connectivity index (χ0n) is 16.5. The van der Waals surface area contributed by atoms with Gasteiger partial charge in [0.05, 0.1) is 4.90 Å². The van der Waals surface area contributed by atoms with E-state index in [2.05, 4.69) is 30.8 Å². The van der Waals surface area contributed by atoms with Crippen LogP contribution >= 0.6 is 0 Å². The van der Waals surface area contributed by atoms with E-state index in [-0.39, 0.29) is 29.4 Å². The zero-order chi connectivity index (χ0) is 20.8. The van der Waals surface area contributed by atoms with E-state index in [9.17, 15) is 13.2 Å². The number of hydrogen-bond donors (Lipinski definition) is 3. The van der Waals surface area contributed by atoms with Crippen molar-refractivity contribution in [3.63, 3.8) is 0 Å². The highest BCUT2D eigenvalue weighted by Crippen LogP contribution is 2.23. The van der Waals surface area contributed by atoms with E-state index in [1.165, 1.54) is 0 Å². The SMILES string of the molecule is CC(C)(C)c1ccc(S(=O)(=O)NCc2ccc(C(=O)NCCCO)cc2)cc1. The summed E-state index contributed by atoms with van der Waals surface area (Å²) >= 11 is 0. The van der Waals surface area contributed by atoms with Crippen LogP contribution < -0.4 is 10.0 Å². The van der Waals surface area contributed by atoms with Crippen molar-refractivity contribution in [2.75, 3.05) is 13.2 Å². The molecular formula is C21H28N2O4S. The summed E-state index contributed by atoms with van der Waals surface area (Å²) in [6.07, 6.45) is 0.502. The maximum atomic E-state index is 12.5. The number of aliphatic hydroxyl groups excluding tert-OH is 1. The number of rotatable bonds is 8. The number of amides is 1. The van der Waals surface area contributed by atoms with Crippen LogP contribution in [0.1, 0.15) is 48.7 Å². The third kappa shape index (κ3) is 6.15. The first-order chi connectivity index (χ1) is 13.1. The molecule has 6 nitrogen and oxygen atoms in total. The van der Waals surface area contributed by atoms with Gasteiger partial charge in [-0.3, -0.25) is 4.79 Å². The normalized spacial score (nSPS) is 12.0. The van der Waals surface area contributed by atoms with Gasteiger partial charge in [0, 0.05) is 25.3 Å². The predicted octanol–water partition coefficient (Wildman–Crippen LogP) is 2.57. The highest BCUT2D eigenvalue weighted by molar-refractivity contribution is 7.89. The second-order valence-electron chi connectivity index (χ2n) is 7.63. The highest BCUT2D eigenvalue weighted by Gasteiger charge is 2.17. The molecule has 0 spiro atoms. The van der Waals surface area contributed by atoms with Crippen LogP contribution in [0, 0.1) is 0 Å². The van der Waals surface area contributed by atoms with Gasteiger partial charge in [-0.05, 0) is 47.2 Å². The number of carbonyl (C=O) groups is 1. The Morgan fingerprint density at radius 3 is 2.14 bits per heavy atom. The lowest BCUT2D eigenvalue weighted by molar-refractivity contribution is 0.0951. The summed E-state index contributed by atoms with van der Waals surface area (Å²) in [6, 6.07) is 13.6. The average molecular weight is 405 g/mol. The molecule has 0 aliphatic rings. The summed E-state index contributed by atoms with van der Waals surface area (Å²) in [4.78, 5) is 12.1. The van der Waals surface area contributed by atoms with Crippen LogP contribution in [0.5, 0.6) is 0 Å². The molecular weight excluding hydrogens is 376 g/mol. The van der Waals surface area contributed by atoms with E-state index in [0.717, 1.165) is 11.1 Å². The van der Waals surface area contributed by atoms with Crippen LogP contribution in [0.3, 0.4) is 0 Å². The van der Waals surface area contributed by atoms with E-state index in [4.69, 9.17) is 5.11 Å². The number of benzene rings is 2. The number of hydrogen-bond acceptors (Lipinski definition) is 4. The Hall–Kier alpha value is -2.22. The van der Waals surface area contributed by atoms with Gasteiger partial charge in [-0.25, -0.2) is 13.1 Å². The summed E-state index contributed by atoms with van der Waals surface area (Å²) in [5, 5.41) is 11.4. The molecule has 0 bridgehead atoms. The Morgan fingerprint density at radius 1 is 1.00 bits per heavy atom. The van der Waals surface area contributed by atoms with Gasteiger partial charge in [-0.2, -0.15) is 0 Å². The third-order valence-electron chi connectivity index (χ3n) is 4.33. The number of aliphatic hydroxyl groups is 1. The summed E-state index contributed by atoms with van der Waals surface area (Å²) < 4.78 is 27.6. The second kappa shape index (κ2) is 9.32. The predicted molar refractivity (Wildman–Crippen MR) is 110 cm³/mol. The molecule has 152 valence electrons. The molecule has 0 atom stereocenters. The molecule has 0 saturated carbocycles. The molecule has 0 unspecified atom stereocenters. The number of nitrogens with one attached hydrogen (secondary N) is 2. The van der Waals surface area contributed by atoms with Gasteiger partial charge in [0.25, 0.3) is 5.91 Å². The molecule has 0 saturated heterocycles. The molecule has 0 aliphatic heterocycles. The van der Waals surface area contributed by atoms with Crippen molar-refractivity contribution in [3.8, 4) is 0 Å². The lowest BCUT2D eigenvalue weighted by Crippen LogP contribution is -2.25. The van der Waals surface area contributed by atoms with Crippen LogP contribution in [0.25, 0.3) is 0 Å². The maximum absolute atomic E-state index is 12.5. The number of carbonyl (C=O) groups excluding carboxylic acids is 1. The van der Waals surface area contributed by atoms with Gasteiger partial charge in [0.1, 0.15) is 0 Å². The zero-order valence-corrected chi connectivity index (χ0v) is 17.3. The van der Waals surface area contributed by atoms with Gasteiger partial charge < -0.3 is 10.4 Å². The molecule has 2 rings (SSSR count). The Labute approximate surface area is 167 Å². The van der Waals surface area contributed by atoms with Gasteiger partial charge in [-0.1, -0.05) is 45.0 Å². The van der Waals surface area contributed by atoms with Gasteiger partial charge in [0.15, 0.2) is 0 Å². The molecule has 0 aliphatic carbocycles. The fourth-order valence-electron chi connectivity index (χ4n) is 2.55. The second-order valence-corrected chi connectivity index (χ2v) is 9.40. The molecule has 0 aromatic heterocycles. The minimum atomic E-state index is -3.62. The average Bonchev–Trinajstić information content (AvgIpc) is 2.66. The van der Waals surface area contributed by atoms with Gasteiger partial charge >= 0.3 is 0 Å². The fourth-order valence-corrected chi connectivity index (χ4v) is 3.57. The maximum Gasteiger partial charge on any atom is 0.251 e. The van der Waals surface area contributed by atoms with Crippen molar-refractivity contribution < 1.29 is 18.3 Å². The molecule has 0 fully saturated rings. The van der Waals surface area contributed by atoms with Crippen molar-refractivity contribution in [1.29, 1.82) is 0 Å². The molecule has 1 amide bonds. The molecule has 0 heterocycles. The summed E-state index contributed by atoms with van der Waals surface area (Å²) in [6.45, 7) is 6.79. The van der Waals surface area contributed by atoms with E-state index in [1.807, 2.05) is 12.1 Å². The van der Waals surface area contributed by atoms with Gasteiger partial charge in [-0.15, -0.1) is 0 Å². The Morgan fingerprint density at radius 2 is 1.61 bits per heavy atom. The molecule has 3 N–H and O–H groups in total.